The molecule has 0 aliphatic carbocycles. The molecule has 0 saturated carbocycles. The molecule has 6 heteroatoms. The number of amides is 1. The zero-order valence-electron chi connectivity index (χ0n) is 8.01. The fraction of sp³-hybridized carbons (Fsp3) is 0.222. The van der Waals surface area contributed by atoms with Gasteiger partial charge in [0.15, 0.2) is 0 Å². The molecular weight excluding hydrogens is 216 g/mol. The third-order valence-corrected chi connectivity index (χ3v) is 3.18. The number of sulfonamides is 1. The number of hydrogen-bond acceptors (Lipinski definition) is 3. The van der Waals surface area contributed by atoms with Crippen LogP contribution in [0.1, 0.15) is 0 Å². The summed E-state index contributed by atoms with van der Waals surface area (Å²) in [5.41, 5.74) is 0. The molecule has 1 amide bonds. The minimum atomic E-state index is -3.45. The van der Waals surface area contributed by atoms with Crippen LogP contribution >= 0.6 is 0 Å². The average molecular weight is 228 g/mol. The second kappa shape index (κ2) is 5.47. The molecule has 0 saturated heterocycles. The molecular formula is C9H12N2O3S. The van der Waals surface area contributed by atoms with E-state index in [0.29, 0.717) is 6.41 Å². The molecule has 0 radical (unpaired) electrons. The van der Waals surface area contributed by atoms with Gasteiger partial charge < -0.3 is 5.32 Å². The van der Waals surface area contributed by atoms with E-state index >= 15 is 0 Å². The van der Waals surface area contributed by atoms with Crippen LogP contribution < -0.4 is 10.0 Å². The fourth-order valence-electron chi connectivity index (χ4n) is 0.999. The maximum absolute atomic E-state index is 11.6. The van der Waals surface area contributed by atoms with Gasteiger partial charge in [-0.25, -0.2) is 13.1 Å². The normalized spacial score (nSPS) is 10.9. The quantitative estimate of drug-likeness (QED) is 0.519. The lowest BCUT2D eigenvalue weighted by Crippen LogP contribution is -2.31. The van der Waals surface area contributed by atoms with E-state index in [0.717, 1.165) is 0 Å². The summed E-state index contributed by atoms with van der Waals surface area (Å²) in [7, 11) is -3.45. The summed E-state index contributed by atoms with van der Waals surface area (Å²) in [5, 5.41) is 2.36. The maximum atomic E-state index is 11.6. The zero-order chi connectivity index (χ0) is 11.1. The van der Waals surface area contributed by atoms with Crippen molar-refractivity contribution in [2.24, 2.45) is 0 Å². The summed E-state index contributed by atoms with van der Waals surface area (Å²) in [5.74, 6) is 0. The molecule has 82 valence electrons. The molecule has 1 aromatic rings. The molecule has 1 rings (SSSR count). The Labute approximate surface area is 88.5 Å². The highest BCUT2D eigenvalue weighted by molar-refractivity contribution is 7.89. The minimum absolute atomic E-state index is 0.177. The van der Waals surface area contributed by atoms with Crippen molar-refractivity contribution in [3.63, 3.8) is 0 Å². The summed E-state index contributed by atoms with van der Waals surface area (Å²) < 4.78 is 25.5. The maximum Gasteiger partial charge on any atom is 0.240 e. The number of carbonyl (C=O) groups is 1. The molecule has 1 aromatic carbocycles. The SMILES string of the molecule is O=CNCCNS(=O)(=O)c1ccccc1. The van der Waals surface area contributed by atoms with Gasteiger partial charge in [0.2, 0.25) is 16.4 Å². The second-order valence-corrected chi connectivity index (χ2v) is 4.55. The number of rotatable bonds is 6. The highest BCUT2D eigenvalue weighted by Gasteiger charge is 2.11. The van der Waals surface area contributed by atoms with Gasteiger partial charge in [0.1, 0.15) is 0 Å². The first-order valence-corrected chi connectivity index (χ1v) is 5.87. The van der Waals surface area contributed by atoms with E-state index in [9.17, 15) is 13.2 Å². The predicted octanol–water partition coefficient (Wildman–Crippen LogP) is -0.289. The molecule has 0 aliphatic heterocycles. The first-order valence-electron chi connectivity index (χ1n) is 4.38. The van der Waals surface area contributed by atoms with Crippen molar-refractivity contribution in [3.8, 4) is 0 Å². The molecule has 0 aromatic heterocycles. The summed E-state index contributed by atoms with van der Waals surface area (Å²) >= 11 is 0. The Hall–Kier alpha value is -1.40. The van der Waals surface area contributed by atoms with Crippen LogP contribution in [0.15, 0.2) is 35.2 Å². The third-order valence-electron chi connectivity index (χ3n) is 1.70. The average Bonchev–Trinajstić information content (AvgIpc) is 2.26. The third kappa shape index (κ3) is 3.69. The molecule has 0 fully saturated rings. The molecule has 0 heterocycles. The summed E-state index contributed by atoms with van der Waals surface area (Å²) in [6, 6.07) is 8.06. The van der Waals surface area contributed by atoms with Crippen LogP contribution in [0.2, 0.25) is 0 Å². The Kier molecular flexibility index (Phi) is 4.26. The van der Waals surface area contributed by atoms with E-state index in [1.165, 1.54) is 12.1 Å². The Morgan fingerprint density at radius 2 is 1.80 bits per heavy atom. The topological polar surface area (TPSA) is 75.3 Å². The number of nitrogens with one attached hydrogen (secondary N) is 2. The number of benzene rings is 1. The van der Waals surface area contributed by atoms with Crippen LogP contribution in [0.4, 0.5) is 0 Å². The van der Waals surface area contributed by atoms with Crippen LogP contribution in [0, 0.1) is 0 Å². The standard InChI is InChI=1S/C9H12N2O3S/c12-8-10-6-7-11-15(13,14)9-4-2-1-3-5-9/h1-5,8,11H,6-7H2,(H,10,12). The molecule has 0 atom stereocenters. The van der Waals surface area contributed by atoms with Crippen LogP contribution in [-0.4, -0.2) is 27.9 Å². The smallest absolute Gasteiger partial charge is 0.240 e. The molecule has 0 spiro atoms. The van der Waals surface area contributed by atoms with Gasteiger partial charge in [-0.2, -0.15) is 0 Å². The lowest BCUT2D eigenvalue weighted by Gasteiger charge is -2.05. The van der Waals surface area contributed by atoms with Crippen molar-refractivity contribution in [3.05, 3.63) is 30.3 Å². The summed E-state index contributed by atoms with van der Waals surface area (Å²) in [6.45, 7) is 0.450. The molecule has 5 nitrogen and oxygen atoms in total. The van der Waals surface area contributed by atoms with Gasteiger partial charge in [-0.3, -0.25) is 4.79 Å². The second-order valence-electron chi connectivity index (χ2n) is 2.78. The molecule has 2 N–H and O–H groups in total. The van der Waals surface area contributed by atoms with Gasteiger partial charge in [-0.1, -0.05) is 18.2 Å². The van der Waals surface area contributed by atoms with Crippen LogP contribution in [0.25, 0.3) is 0 Å². The van der Waals surface area contributed by atoms with Crippen LogP contribution in [0.5, 0.6) is 0 Å². The first-order chi connectivity index (χ1) is 7.17. The van der Waals surface area contributed by atoms with E-state index in [1.807, 2.05) is 0 Å². The highest BCUT2D eigenvalue weighted by Crippen LogP contribution is 2.05. The van der Waals surface area contributed by atoms with Crippen molar-refractivity contribution in [2.45, 2.75) is 4.90 Å². The van der Waals surface area contributed by atoms with Crippen LogP contribution in [0.3, 0.4) is 0 Å². The first kappa shape index (κ1) is 11.7. The van der Waals surface area contributed by atoms with Gasteiger partial charge in [0.05, 0.1) is 4.90 Å². The van der Waals surface area contributed by atoms with Gasteiger partial charge in [0.25, 0.3) is 0 Å². The van der Waals surface area contributed by atoms with Crippen molar-refractivity contribution in [1.82, 2.24) is 10.0 Å². The Bertz CT molecular complexity index is 403. The minimum Gasteiger partial charge on any atom is -0.357 e. The lowest BCUT2D eigenvalue weighted by atomic mass is 10.4. The van der Waals surface area contributed by atoms with Gasteiger partial charge in [0, 0.05) is 13.1 Å². The molecule has 0 aliphatic rings. The molecule has 15 heavy (non-hydrogen) atoms. The van der Waals surface area contributed by atoms with Gasteiger partial charge in [-0.15, -0.1) is 0 Å². The van der Waals surface area contributed by atoms with Crippen molar-refractivity contribution < 1.29 is 13.2 Å². The van der Waals surface area contributed by atoms with Crippen LogP contribution in [-0.2, 0) is 14.8 Å². The van der Waals surface area contributed by atoms with E-state index in [-0.39, 0.29) is 18.0 Å². The fourth-order valence-corrected chi connectivity index (χ4v) is 2.05. The Morgan fingerprint density at radius 3 is 2.40 bits per heavy atom. The monoisotopic (exact) mass is 228 g/mol. The number of hydrogen-bond donors (Lipinski definition) is 2. The largest absolute Gasteiger partial charge is 0.357 e. The van der Waals surface area contributed by atoms with Gasteiger partial charge >= 0.3 is 0 Å². The Balaban J connectivity index is 2.57. The van der Waals surface area contributed by atoms with E-state index in [4.69, 9.17) is 0 Å². The van der Waals surface area contributed by atoms with E-state index < -0.39 is 10.0 Å². The van der Waals surface area contributed by atoms with E-state index in [2.05, 4.69) is 10.0 Å². The van der Waals surface area contributed by atoms with Crippen molar-refractivity contribution >= 4 is 16.4 Å². The van der Waals surface area contributed by atoms with E-state index in [1.54, 1.807) is 18.2 Å². The lowest BCUT2D eigenvalue weighted by molar-refractivity contribution is -0.109. The Morgan fingerprint density at radius 1 is 1.13 bits per heavy atom. The molecule has 0 unspecified atom stereocenters. The van der Waals surface area contributed by atoms with Gasteiger partial charge in [-0.05, 0) is 12.1 Å². The number of carbonyl (C=O) groups excluding carboxylic acids is 1. The molecule has 0 bridgehead atoms. The highest BCUT2D eigenvalue weighted by atomic mass is 32.2. The summed E-state index contributed by atoms with van der Waals surface area (Å²) in [6.07, 6.45) is 0.525. The summed E-state index contributed by atoms with van der Waals surface area (Å²) in [4.78, 5) is 10.1. The van der Waals surface area contributed by atoms with Crippen molar-refractivity contribution in [2.75, 3.05) is 13.1 Å². The zero-order valence-corrected chi connectivity index (χ0v) is 8.83. The predicted molar refractivity (Wildman–Crippen MR) is 55.7 cm³/mol. The van der Waals surface area contributed by atoms with Crippen molar-refractivity contribution in [1.29, 1.82) is 0 Å².